The first-order chi connectivity index (χ1) is 10.2. The minimum Gasteiger partial charge on any atom is -0.354 e. The number of aromatic amines is 1. The van der Waals surface area contributed by atoms with E-state index in [1.807, 2.05) is 26.1 Å². The van der Waals surface area contributed by atoms with Crippen LogP contribution in [0.2, 0.25) is 0 Å². The highest BCUT2D eigenvalue weighted by molar-refractivity contribution is 5.90. The summed E-state index contributed by atoms with van der Waals surface area (Å²) in [5, 5.41) is 11.1. The van der Waals surface area contributed by atoms with Crippen LogP contribution in [0.15, 0.2) is 30.5 Å². The zero-order chi connectivity index (χ0) is 14.8. The van der Waals surface area contributed by atoms with Gasteiger partial charge >= 0.3 is 0 Å². The van der Waals surface area contributed by atoms with Gasteiger partial charge in [0.25, 0.3) is 0 Å². The number of hydrogen-bond donors (Lipinski definition) is 2. The molecule has 1 aromatic carbocycles. The highest BCUT2D eigenvalue weighted by atomic mass is 15.2. The van der Waals surface area contributed by atoms with Crippen LogP contribution < -0.4 is 10.2 Å². The quantitative estimate of drug-likeness (QED) is 0.770. The molecule has 108 valence electrons. The molecule has 2 N–H and O–H groups in total. The molecule has 0 aliphatic heterocycles. The fraction of sp³-hybridized carbons (Fsp3) is 0.267. The molecule has 2 aromatic heterocycles. The molecule has 21 heavy (non-hydrogen) atoms. The molecule has 0 fully saturated rings. The molecule has 0 saturated heterocycles. The summed E-state index contributed by atoms with van der Waals surface area (Å²) < 4.78 is 0. The van der Waals surface area contributed by atoms with Crippen LogP contribution in [0, 0.1) is 6.92 Å². The van der Waals surface area contributed by atoms with Crippen molar-refractivity contribution in [3.8, 4) is 0 Å². The van der Waals surface area contributed by atoms with Crippen molar-refractivity contribution < 1.29 is 0 Å². The Morgan fingerprint density at radius 1 is 1.24 bits per heavy atom. The molecule has 0 radical (unpaired) electrons. The van der Waals surface area contributed by atoms with Crippen molar-refractivity contribution in [1.29, 1.82) is 0 Å². The monoisotopic (exact) mass is 282 g/mol. The summed E-state index contributed by atoms with van der Waals surface area (Å²) in [7, 11) is 2.01. The van der Waals surface area contributed by atoms with Gasteiger partial charge < -0.3 is 10.2 Å². The highest BCUT2D eigenvalue weighted by Crippen LogP contribution is 2.30. The molecule has 3 aromatic rings. The van der Waals surface area contributed by atoms with Gasteiger partial charge in [-0.15, -0.1) is 0 Å². The van der Waals surface area contributed by atoms with Gasteiger partial charge in [0, 0.05) is 19.3 Å². The topological polar surface area (TPSA) is 69.7 Å². The molecule has 6 nitrogen and oxygen atoms in total. The van der Waals surface area contributed by atoms with E-state index < -0.39 is 0 Å². The fourth-order valence-corrected chi connectivity index (χ4v) is 2.37. The van der Waals surface area contributed by atoms with Crippen molar-refractivity contribution in [2.75, 3.05) is 23.8 Å². The van der Waals surface area contributed by atoms with Crippen LogP contribution in [0.5, 0.6) is 0 Å². The zero-order valence-corrected chi connectivity index (χ0v) is 12.4. The summed E-state index contributed by atoms with van der Waals surface area (Å²) in [5.74, 6) is 1.43. The molecule has 3 rings (SSSR count). The number of rotatable bonds is 4. The van der Waals surface area contributed by atoms with Crippen LogP contribution in [0.1, 0.15) is 12.5 Å². The third kappa shape index (κ3) is 2.40. The molecule has 0 spiro atoms. The Bertz CT molecular complexity index is 764. The first kappa shape index (κ1) is 13.4. The van der Waals surface area contributed by atoms with Gasteiger partial charge in [0.2, 0.25) is 5.95 Å². The van der Waals surface area contributed by atoms with Crippen molar-refractivity contribution in [3.63, 3.8) is 0 Å². The third-order valence-corrected chi connectivity index (χ3v) is 3.42. The highest BCUT2D eigenvalue weighted by Gasteiger charge is 2.15. The molecule has 0 aliphatic carbocycles. The number of H-pyrrole nitrogens is 1. The number of benzene rings is 1. The third-order valence-electron chi connectivity index (χ3n) is 3.42. The first-order valence-corrected chi connectivity index (χ1v) is 6.95. The molecule has 0 atom stereocenters. The van der Waals surface area contributed by atoms with Crippen molar-refractivity contribution >= 4 is 28.5 Å². The smallest absolute Gasteiger partial charge is 0.226 e. The van der Waals surface area contributed by atoms with Crippen LogP contribution in [0.4, 0.5) is 17.5 Å². The summed E-state index contributed by atoms with van der Waals surface area (Å²) in [6.45, 7) is 4.88. The standard InChI is InChI=1S/C15H18N6/c1-4-16-15-18-13-11(9-17-20-13)14(19-15)21(3)12-8-6-5-7-10(12)2/h5-9H,4H2,1-3H3,(H2,16,17,18,19,20). The second-order valence-electron chi connectivity index (χ2n) is 4.88. The normalized spacial score (nSPS) is 10.8. The minimum atomic E-state index is 0.602. The Balaban J connectivity index is 2.14. The van der Waals surface area contributed by atoms with Gasteiger partial charge in [-0.05, 0) is 25.5 Å². The number of para-hydroxylation sites is 1. The van der Waals surface area contributed by atoms with Crippen molar-refractivity contribution in [2.24, 2.45) is 0 Å². The van der Waals surface area contributed by atoms with Crippen LogP contribution in [0.25, 0.3) is 11.0 Å². The lowest BCUT2D eigenvalue weighted by Gasteiger charge is -2.21. The largest absolute Gasteiger partial charge is 0.354 e. The molecular weight excluding hydrogens is 264 g/mol. The van der Waals surface area contributed by atoms with Crippen molar-refractivity contribution in [3.05, 3.63) is 36.0 Å². The Morgan fingerprint density at radius 3 is 2.81 bits per heavy atom. The van der Waals surface area contributed by atoms with Crippen LogP contribution in [0.3, 0.4) is 0 Å². The lowest BCUT2D eigenvalue weighted by molar-refractivity contribution is 1.05. The maximum atomic E-state index is 4.62. The minimum absolute atomic E-state index is 0.602. The van der Waals surface area contributed by atoms with E-state index in [0.717, 1.165) is 29.1 Å². The maximum absolute atomic E-state index is 4.62. The molecule has 0 amide bonds. The molecular formula is C15H18N6. The predicted molar refractivity (Wildman–Crippen MR) is 85.1 cm³/mol. The number of aryl methyl sites for hydroxylation is 1. The molecule has 2 heterocycles. The molecule has 0 unspecified atom stereocenters. The molecule has 6 heteroatoms. The molecule has 0 bridgehead atoms. The van der Waals surface area contributed by atoms with Gasteiger partial charge in [-0.1, -0.05) is 18.2 Å². The van der Waals surface area contributed by atoms with E-state index >= 15 is 0 Å². The van der Waals surface area contributed by atoms with Gasteiger partial charge in [0.1, 0.15) is 5.82 Å². The number of nitrogens with zero attached hydrogens (tertiary/aromatic N) is 4. The van der Waals surface area contributed by atoms with Gasteiger partial charge in [-0.25, -0.2) is 0 Å². The Morgan fingerprint density at radius 2 is 2.05 bits per heavy atom. The van der Waals surface area contributed by atoms with E-state index in [4.69, 9.17) is 0 Å². The number of hydrogen-bond acceptors (Lipinski definition) is 5. The van der Waals surface area contributed by atoms with Crippen LogP contribution >= 0.6 is 0 Å². The summed E-state index contributed by atoms with van der Waals surface area (Å²) in [4.78, 5) is 11.1. The zero-order valence-electron chi connectivity index (χ0n) is 12.4. The number of aromatic nitrogens is 4. The second kappa shape index (κ2) is 5.40. The van der Waals surface area contributed by atoms with E-state index in [1.165, 1.54) is 5.56 Å². The summed E-state index contributed by atoms with van der Waals surface area (Å²) in [6, 6.07) is 8.23. The Kier molecular flexibility index (Phi) is 3.43. The second-order valence-corrected chi connectivity index (χ2v) is 4.88. The van der Waals surface area contributed by atoms with Gasteiger partial charge in [0.05, 0.1) is 11.6 Å². The average molecular weight is 282 g/mol. The van der Waals surface area contributed by atoms with E-state index in [1.54, 1.807) is 6.20 Å². The van der Waals surface area contributed by atoms with E-state index in [-0.39, 0.29) is 0 Å². The van der Waals surface area contributed by atoms with E-state index in [2.05, 4.69) is 49.4 Å². The predicted octanol–water partition coefficient (Wildman–Crippen LogP) is 2.86. The van der Waals surface area contributed by atoms with E-state index in [0.29, 0.717) is 5.95 Å². The van der Waals surface area contributed by atoms with Gasteiger partial charge in [-0.3, -0.25) is 5.10 Å². The number of nitrogens with one attached hydrogen (secondary N) is 2. The maximum Gasteiger partial charge on any atom is 0.226 e. The summed E-state index contributed by atoms with van der Waals surface area (Å²) >= 11 is 0. The van der Waals surface area contributed by atoms with Crippen molar-refractivity contribution in [2.45, 2.75) is 13.8 Å². The van der Waals surface area contributed by atoms with Crippen LogP contribution in [-0.2, 0) is 0 Å². The number of fused-ring (bicyclic) bond motifs is 1. The van der Waals surface area contributed by atoms with Gasteiger partial charge in [-0.2, -0.15) is 15.1 Å². The molecule has 0 saturated carbocycles. The Hall–Kier alpha value is -2.63. The Labute approximate surface area is 123 Å². The van der Waals surface area contributed by atoms with Gasteiger partial charge in [0.15, 0.2) is 5.65 Å². The fourth-order valence-electron chi connectivity index (χ4n) is 2.37. The van der Waals surface area contributed by atoms with E-state index in [9.17, 15) is 0 Å². The van der Waals surface area contributed by atoms with Crippen LogP contribution in [-0.4, -0.2) is 33.8 Å². The molecule has 0 aliphatic rings. The summed E-state index contributed by atoms with van der Waals surface area (Å²) in [5.41, 5.74) is 3.04. The summed E-state index contributed by atoms with van der Waals surface area (Å²) in [6.07, 6.45) is 1.76. The first-order valence-electron chi connectivity index (χ1n) is 6.95. The SMILES string of the molecule is CCNc1nc(N(C)c2ccccc2C)c2cn[nH]c2n1. The number of anilines is 3. The van der Waals surface area contributed by atoms with Crippen molar-refractivity contribution in [1.82, 2.24) is 20.2 Å². The lowest BCUT2D eigenvalue weighted by Crippen LogP contribution is -2.14. The average Bonchev–Trinajstić information content (AvgIpc) is 2.95. The lowest BCUT2D eigenvalue weighted by atomic mass is 10.2.